The van der Waals surface area contributed by atoms with Gasteiger partial charge in [0.25, 0.3) is 0 Å². The Labute approximate surface area is 288 Å². The van der Waals surface area contributed by atoms with E-state index in [1.807, 2.05) is 84.9 Å². The topological polar surface area (TPSA) is 78.1 Å². The molecule has 0 saturated carbocycles. The highest BCUT2D eigenvalue weighted by atomic mass is 35.5. The maximum absolute atomic E-state index is 7.05. The molecule has 0 aliphatic carbocycles. The van der Waals surface area contributed by atoms with Crippen LogP contribution in [0.25, 0.3) is 111 Å². The molecule has 11 rings (SSSR count). The van der Waals surface area contributed by atoms with Crippen LogP contribution in [0.1, 0.15) is 0 Å². The van der Waals surface area contributed by atoms with E-state index in [9.17, 15) is 0 Å². The van der Waals surface area contributed by atoms with Gasteiger partial charge in [-0.2, -0.15) is 0 Å². The van der Waals surface area contributed by atoms with Crippen molar-refractivity contribution in [2.45, 2.75) is 0 Å². The van der Waals surface area contributed by atoms with Crippen molar-refractivity contribution < 1.29 is 13.3 Å². The first kappa shape index (κ1) is 27.5. The third-order valence-corrected chi connectivity index (χ3v) is 9.91. The van der Waals surface area contributed by atoms with Crippen LogP contribution >= 0.6 is 11.6 Å². The number of fused-ring (bicyclic) bond motifs is 11. The van der Waals surface area contributed by atoms with Crippen molar-refractivity contribution in [2.75, 3.05) is 0 Å². The van der Waals surface area contributed by atoms with Gasteiger partial charge in [0.15, 0.2) is 17.5 Å². The maximum Gasteiger partial charge on any atom is 0.165 e. The van der Waals surface area contributed by atoms with Gasteiger partial charge in [-0.1, -0.05) is 78.3 Å². The fourth-order valence-corrected chi connectivity index (χ4v) is 7.42. The Kier molecular flexibility index (Phi) is 5.63. The molecule has 0 fully saturated rings. The number of rotatable bonds is 3. The Bertz CT molecular complexity index is 3060. The summed E-state index contributed by atoms with van der Waals surface area (Å²) in [6.45, 7) is 0. The number of benzene rings is 7. The molecule has 0 radical (unpaired) electrons. The van der Waals surface area contributed by atoms with Crippen LogP contribution in [-0.2, 0) is 0 Å². The third-order valence-electron chi connectivity index (χ3n) is 9.60. The van der Waals surface area contributed by atoms with E-state index in [0.717, 1.165) is 82.1 Å². The smallest absolute Gasteiger partial charge is 0.165 e. The molecule has 6 nitrogen and oxygen atoms in total. The molecule has 234 valence electrons. The minimum atomic E-state index is 0.460. The quantitative estimate of drug-likeness (QED) is 0.187. The molecule has 4 aromatic heterocycles. The van der Waals surface area contributed by atoms with Crippen LogP contribution < -0.4 is 0 Å². The second kappa shape index (κ2) is 10.3. The van der Waals surface area contributed by atoms with Gasteiger partial charge in [0.05, 0.1) is 5.02 Å². The van der Waals surface area contributed by atoms with Gasteiger partial charge in [-0.05, 0) is 66.0 Å². The Morgan fingerprint density at radius 3 is 1.58 bits per heavy atom. The highest BCUT2D eigenvalue weighted by molar-refractivity contribution is 6.34. The first-order valence-electron chi connectivity index (χ1n) is 16.3. The largest absolute Gasteiger partial charge is 0.456 e. The van der Waals surface area contributed by atoms with Gasteiger partial charge in [-0.15, -0.1) is 0 Å². The van der Waals surface area contributed by atoms with Gasteiger partial charge in [0, 0.05) is 60.5 Å². The van der Waals surface area contributed by atoms with Crippen LogP contribution in [0.2, 0.25) is 5.02 Å². The average Bonchev–Trinajstić information content (AvgIpc) is 3.84. The summed E-state index contributed by atoms with van der Waals surface area (Å²) in [7, 11) is 0. The van der Waals surface area contributed by atoms with Crippen molar-refractivity contribution in [1.82, 2.24) is 15.0 Å². The van der Waals surface area contributed by atoms with E-state index in [1.165, 1.54) is 0 Å². The number of hydrogen-bond donors (Lipinski definition) is 0. The normalized spacial score (nSPS) is 12.1. The average molecular weight is 664 g/mol. The van der Waals surface area contributed by atoms with Gasteiger partial charge in [0.2, 0.25) is 0 Å². The summed E-state index contributed by atoms with van der Waals surface area (Å²) in [5.74, 6) is 1.50. The summed E-state index contributed by atoms with van der Waals surface area (Å²) < 4.78 is 18.6. The molecule has 0 atom stereocenters. The number of halogens is 1. The molecule has 0 saturated heterocycles. The molecule has 0 N–H and O–H groups in total. The Morgan fingerprint density at radius 1 is 0.380 bits per heavy atom. The molecule has 0 aliphatic rings. The van der Waals surface area contributed by atoms with Gasteiger partial charge in [-0.3, -0.25) is 0 Å². The number of nitrogens with zero attached hydrogens (tertiary/aromatic N) is 3. The predicted molar refractivity (Wildman–Crippen MR) is 200 cm³/mol. The van der Waals surface area contributed by atoms with Crippen LogP contribution in [0.4, 0.5) is 0 Å². The standard InChI is InChI=1S/C43H22ClN3O3/c44-34-22-39-32(29-16-13-23-7-1-2-8-26(23)40(29)50-39)21-33(34)43-46-41(24-14-17-37-30(19-24)27-9-3-5-11-35(27)48-37)45-42(47-43)25-15-18-38-31(20-25)28-10-4-6-12-36(28)49-38/h1-22H. The van der Waals surface area contributed by atoms with E-state index in [0.29, 0.717) is 33.6 Å². The lowest BCUT2D eigenvalue weighted by Crippen LogP contribution is -2.00. The fraction of sp³-hybridized carbons (Fsp3) is 0. The Balaban J connectivity index is 1.16. The van der Waals surface area contributed by atoms with E-state index in [1.54, 1.807) is 0 Å². The van der Waals surface area contributed by atoms with E-state index in [-0.39, 0.29) is 0 Å². The van der Waals surface area contributed by atoms with E-state index in [2.05, 4.69) is 48.5 Å². The summed E-state index contributed by atoms with van der Waals surface area (Å²) in [5, 5.41) is 8.63. The van der Waals surface area contributed by atoms with Crippen LogP contribution in [0.3, 0.4) is 0 Å². The van der Waals surface area contributed by atoms with E-state index < -0.39 is 0 Å². The molecule has 0 bridgehead atoms. The lowest BCUT2D eigenvalue weighted by Gasteiger charge is -2.10. The first-order chi connectivity index (χ1) is 24.6. The summed E-state index contributed by atoms with van der Waals surface area (Å²) in [4.78, 5) is 15.2. The molecule has 11 aromatic rings. The van der Waals surface area contributed by atoms with Crippen LogP contribution in [0.15, 0.2) is 147 Å². The first-order valence-corrected chi connectivity index (χ1v) is 16.7. The zero-order valence-electron chi connectivity index (χ0n) is 26.1. The number of aromatic nitrogens is 3. The van der Waals surface area contributed by atoms with Crippen molar-refractivity contribution in [3.63, 3.8) is 0 Å². The van der Waals surface area contributed by atoms with Crippen molar-refractivity contribution in [2.24, 2.45) is 0 Å². The predicted octanol–water partition coefficient (Wildman–Crippen LogP) is 12.4. The fourth-order valence-electron chi connectivity index (χ4n) is 7.18. The minimum absolute atomic E-state index is 0.460. The summed E-state index contributed by atoms with van der Waals surface area (Å²) in [5.41, 5.74) is 7.14. The molecule has 0 unspecified atom stereocenters. The van der Waals surface area contributed by atoms with Gasteiger partial charge in [-0.25, -0.2) is 15.0 Å². The molecular weight excluding hydrogens is 642 g/mol. The summed E-state index contributed by atoms with van der Waals surface area (Å²) >= 11 is 7.05. The summed E-state index contributed by atoms with van der Waals surface area (Å²) in [6.07, 6.45) is 0. The van der Waals surface area contributed by atoms with Crippen LogP contribution in [0.5, 0.6) is 0 Å². The number of para-hydroxylation sites is 2. The number of furan rings is 3. The monoisotopic (exact) mass is 663 g/mol. The second-order valence-corrected chi connectivity index (χ2v) is 12.9. The van der Waals surface area contributed by atoms with Crippen LogP contribution in [-0.4, -0.2) is 15.0 Å². The number of hydrogen-bond acceptors (Lipinski definition) is 6. The van der Waals surface area contributed by atoms with E-state index >= 15 is 0 Å². The van der Waals surface area contributed by atoms with Crippen molar-refractivity contribution in [1.29, 1.82) is 0 Å². The minimum Gasteiger partial charge on any atom is -0.456 e. The van der Waals surface area contributed by atoms with Gasteiger partial charge in [0.1, 0.15) is 33.5 Å². The van der Waals surface area contributed by atoms with Crippen molar-refractivity contribution >= 4 is 88.2 Å². The zero-order valence-corrected chi connectivity index (χ0v) is 26.9. The molecule has 7 heteroatoms. The second-order valence-electron chi connectivity index (χ2n) is 12.5. The van der Waals surface area contributed by atoms with Gasteiger partial charge < -0.3 is 13.3 Å². The molecule has 7 aromatic carbocycles. The lowest BCUT2D eigenvalue weighted by molar-refractivity contribution is 0.668. The summed E-state index contributed by atoms with van der Waals surface area (Å²) in [6, 6.07) is 44.4. The lowest BCUT2D eigenvalue weighted by atomic mass is 10.0. The third kappa shape index (κ3) is 4.06. The SMILES string of the molecule is Clc1cc2oc3c4ccccc4ccc3c2cc1-c1nc(-c2ccc3oc4ccccc4c3c2)nc(-c2ccc3oc4ccccc4c3c2)n1. The van der Waals surface area contributed by atoms with Crippen molar-refractivity contribution in [3.05, 3.63) is 138 Å². The Morgan fingerprint density at radius 2 is 0.920 bits per heavy atom. The Hall–Kier alpha value is -6.50. The molecule has 0 spiro atoms. The zero-order chi connectivity index (χ0) is 32.9. The molecule has 50 heavy (non-hydrogen) atoms. The van der Waals surface area contributed by atoms with Crippen molar-refractivity contribution in [3.8, 4) is 34.2 Å². The van der Waals surface area contributed by atoms with Gasteiger partial charge >= 0.3 is 0 Å². The maximum atomic E-state index is 7.05. The highest BCUT2D eigenvalue weighted by Gasteiger charge is 2.20. The molecule has 0 amide bonds. The van der Waals surface area contributed by atoms with E-state index in [4.69, 9.17) is 39.8 Å². The molecule has 0 aliphatic heterocycles. The van der Waals surface area contributed by atoms with Crippen LogP contribution in [0, 0.1) is 0 Å². The molecular formula is C43H22ClN3O3. The molecule has 4 heterocycles. The highest BCUT2D eigenvalue weighted by Crippen LogP contribution is 2.40.